The van der Waals surface area contributed by atoms with E-state index < -0.39 is 16.6 Å². The van der Waals surface area contributed by atoms with Crippen LogP contribution < -0.4 is 8.85 Å². The molecule has 0 aliphatic carbocycles. The van der Waals surface area contributed by atoms with Gasteiger partial charge in [-0.2, -0.15) is 36.4 Å². The Kier molecular flexibility index (Phi) is 9.75. The summed E-state index contributed by atoms with van der Waals surface area (Å²) in [7, 11) is -2.86. The second-order valence-corrected chi connectivity index (χ2v) is 15.7. The molecule has 2 aromatic rings. The van der Waals surface area contributed by atoms with Crippen LogP contribution in [0.25, 0.3) is 0 Å². The van der Waals surface area contributed by atoms with Crippen molar-refractivity contribution >= 4 is 16.6 Å². The average molecular weight is 526 g/mol. The molecule has 0 heterocycles. The van der Waals surface area contributed by atoms with Crippen molar-refractivity contribution in [3.05, 3.63) is 60.7 Å². The zero-order valence-electron chi connectivity index (χ0n) is 14.8. The first-order valence-electron chi connectivity index (χ1n) is 7.47. The normalized spacial score (nSPS) is 10.7. The van der Waals surface area contributed by atoms with Gasteiger partial charge in [0.05, 0.1) is 0 Å². The fourth-order valence-corrected chi connectivity index (χ4v) is 3.11. The molecule has 0 spiro atoms. The Hall–Kier alpha value is -0.838. The molecule has 0 aliphatic rings. The van der Waals surface area contributed by atoms with Gasteiger partial charge in [-0.15, -0.1) is 24.3 Å². The smallest absolute Gasteiger partial charge is 0.565 e. The van der Waals surface area contributed by atoms with E-state index in [0.29, 0.717) is 0 Å². The molecule has 2 aromatic carbocycles. The minimum Gasteiger partial charge on any atom is -0.565 e. The molecular formula is C18H26O2PtSi2. The van der Waals surface area contributed by atoms with Crippen LogP contribution in [0.15, 0.2) is 48.5 Å². The number of hydrogen-bond acceptors (Lipinski definition) is 2. The molecule has 2 rings (SSSR count). The summed E-state index contributed by atoms with van der Waals surface area (Å²) in [6.07, 6.45) is 0. The van der Waals surface area contributed by atoms with Crippen LogP contribution in [0.4, 0.5) is 0 Å². The van der Waals surface area contributed by atoms with Gasteiger partial charge in [0.1, 0.15) is 0 Å². The Morgan fingerprint density at radius 2 is 1.00 bits per heavy atom. The van der Waals surface area contributed by atoms with Crippen LogP contribution >= 0.6 is 0 Å². The standard InChI is InChI=1S/2C9H13OSi.Pt/c2*1-11(2,3)10-9-7-5-4-6-8-9;/h2*4-7H,1-3H3;/q2*-1;+2. The number of hydrogen-bond donors (Lipinski definition) is 0. The van der Waals surface area contributed by atoms with E-state index in [1.165, 1.54) is 0 Å². The van der Waals surface area contributed by atoms with Gasteiger partial charge in [-0.3, -0.25) is 0 Å². The predicted octanol–water partition coefficient (Wildman–Crippen LogP) is 5.40. The molecule has 128 valence electrons. The van der Waals surface area contributed by atoms with Gasteiger partial charge in [-0.1, -0.05) is 0 Å². The summed E-state index contributed by atoms with van der Waals surface area (Å²) in [6.45, 7) is 13.0. The summed E-state index contributed by atoms with van der Waals surface area (Å²) in [6, 6.07) is 21.5. The minimum absolute atomic E-state index is 0. The Balaban J connectivity index is 0.000000403. The van der Waals surface area contributed by atoms with Crippen LogP contribution in [0, 0.1) is 12.1 Å². The third-order valence-electron chi connectivity index (χ3n) is 2.19. The maximum absolute atomic E-state index is 5.68. The van der Waals surface area contributed by atoms with Crippen molar-refractivity contribution in [1.82, 2.24) is 0 Å². The predicted molar refractivity (Wildman–Crippen MR) is 98.5 cm³/mol. The van der Waals surface area contributed by atoms with E-state index in [1.54, 1.807) is 0 Å². The van der Waals surface area contributed by atoms with Gasteiger partial charge in [0.15, 0.2) is 0 Å². The SMILES string of the molecule is C[Si](C)(C)Oc1[c-]cccc1.C[Si](C)(C)Oc1[c-]cccc1.[Pt+2]. The zero-order chi connectivity index (χ0) is 16.6. The van der Waals surface area contributed by atoms with Crippen molar-refractivity contribution in [1.29, 1.82) is 0 Å². The van der Waals surface area contributed by atoms with E-state index in [9.17, 15) is 0 Å². The fourth-order valence-electron chi connectivity index (χ4n) is 1.54. The Bertz CT molecular complexity index is 483. The molecule has 0 amide bonds. The molecule has 0 saturated heterocycles. The largest absolute Gasteiger partial charge is 2.00 e. The van der Waals surface area contributed by atoms with Gasteiger partial charge in [0, 0.05) is 0 Å². The number of para-hydroxylation sites is 2. The topological polar surface area (TPSA) is 18.5 Å². The summed E-state index contributed by atoms with van der Waals surface area (Å²) in [5.74, 6) is 1.73. The molecule has 2 nitrogen and oxygen atoms in total. The first kappa shape index (κ1) is 22.2. The van der Waals surface area contributed by atoms with Gasteiger partial charge < -0.3 is 8.85 Å². The van der Waals surface area contributed by atoms with Crippen molar-refractivity contribution in [2.45, 2.75) is 39.3 Å². The van der Waals surface area contributed by atoms with Crippen molar-refractivity contribution in [3.8, 4) is 11.5 Å². The average Bonchev–Trinajstić information content (AvgIpc) is 2.38. The van der Waals surface area contributed by atoms with Crippen LogP contribution in [-0.4, -0.2) is 16.6 Å². The Labute approximate surface area is 157 Å². The number of benzene rings is 2. The fraction of sp³-hybridized carbons (Fsp3) is 0.333. The molecule has 23 heavy (non-hydrogen) atoms. The second-order valence-electron chi connectivity index (χ2n) is 6.88. The summed E-state index contributed by atoms with van der Waals surface area (Å²) in [4.78, 5) is 0. The molecule has 0 N–H and O–H groups in total. The Morgan fingerprint density at radius 3 is 1.22 bits per heavy atom. The molecule has 0 atom stereocenters. The third-order valence-corrected chi connectivity index (χ3v) is 3.86. The quantitative estimate of drug-likeness (QED) is 0.393. The molecule has 0 unspecified atom stereocenters. The molecule has 5 heteroatoms. The van der Waals surface area contributed by atoms with Crippen LogP contribution in [0.2, 0.25) is 39.3 Å². The van der Waals surface area contributed by atoms with Gasteiger partial charge in [-0.25, -0.2) is 0 Å². The van der Waals surface area contributed by atoms with E-state index in [1.807, 2.05) is 48.5 Å². The monoisotopic (exact) mass is 525 g/mol. The van der Waals surface area contributed by atoms with Gasteiger partial charge in [0.2, 0.25) is 16.6 Å². The van der Waals surface area contributed by atoms with E-state index >= 15 is 0 Å². The zero-order valence-corrected chi connectivity index (χ0v) is 19.0. The first-order valence-corrected chi connectivity index (χ1v) is 14.3. The summed E-state index contributed by atoms with van der Waals surface area (Å²) < 4.78 is 11.4. The number of rotatable bonds is 4. The van der Waals surface area contributed by atoms with Crippen molar-refractivity contribution in [2.24, 2.45) is 0 Å². The summed E-state index contributed by atoms with van der Waals surface area (Å²) >= 11 is 0. The van der Waals surface area contributed by atoms with Crippen molar-refractivity contribution in [3.63, 3.8) is 0 Å². The van der Waals surface area contributed by atoms with Crippen LogP contribution in [0.5, 0.6) is 11.5 Å². The molecule has 0 bridgehead atoms. The van der Waals surface area contributed by atoms with E-state index in [2.05, 4.69) is 51.4 Å². The van der Waals surface area contributed by atoms with Crippen molar-refractivity contribution in [2.75, 3.05) is 0 Å². The van der Waals surface area contributed by atoms with Crippen LogP contribution in [-0.2, 0) is 21.1 Å². The van der Waals surface area contributed by atoms with Crippen molar-refractivity contribution < 1.29 is 29.9 Å². The van der Waals surface area contributed by atoms with E-state index in [0.717, 1.165) is 11.5 Å². The van der Waals surface area contributed by atoms with Gasteiger partial charge >= 0.3 is 21.1 Å². The van der Waals surface area contributed by atoms with E-state index in [4.69, 9.17) is 8.85 Å². The first-order chi connectivity index (χ1) is 10.2. The molecular weight excluding hydrogens is 499 g/mol. The molecule has 0 saturated carbocycles. The second kappa shape index (κ2) is 10.1. The Morgan fingerprint density at radius 1 is 0.652 bits per heavy atom. The molecule has 0 radical (unpaired) electrons. The van der Waals surface area contributed by atoms with Gasteiger partial charge in [-0.05, 0) is 50.8 Å². The van der Waals surface area contributed by atoms with Crippen LogP contribution in [0.1, 0.15) is 0 Å². The maximum Gasteiger partial charge on any atom is 2.00 e. The summed E-state index contributed by atoms with van der Waals surface area (Å²) in [5.41, 5.74) is 0. The molecule has 0 aromatic heterocycles. The van der Waals surface area contributed by atoms with E-state index in [-0.39, 0.29) is 21.1 Å². The molecule has 0 fully saturated rings. The minimum atomic E-state index is -1.43. The molecule has 0 aliphatic heterocycles. The maximum atomic E-state index is 5.68. The summed E-state index contributed by atoms with van der Waals surface area (Å²) in [5, 5.41) is 0. The third kappa shape index (κ3) is 12.3. The van der Waals surface area contributed by atoms with Gasteiger partial charge in [0.25, 0.3) is 0 Å². The van der Waals surface area contributed by atoms with Crippen LogP contribution in [0.3, 0.4) is 0 Å².